The molecule has 2 aromatic rings. The van der Waals surface area contributed by atoms with E-state index in [4.69, 9.17) is 0 Å². The number of amides is 3. The molecule has 0 aliphatic carbocycles. The van der Waals surface area contributed by atoms with E-state index < -0.39 is 6.04 Å². The quantitative estimate of drug-likeness (QED) is 0.769. The Hall–Kier alpha value is -2.67. The second kappa shape index (κ2) is 6.81. The largest absolute Gasteiger partial charge is 0.358 e. The molecular weight excluding hydrogens is 360 g/mol. The van der Waals surface area contributed by atoms with Crippen LogP contribution in [-0.4, -0.2) is 63.2 Å². The van der Waals surface area contributed by atoms with E-state index in [2.05, 4.69) is 36.2 Å². The van der Waals surface area contributed by atoms with Crippen LogP contribution in [0, 0.1) is 0 Å². The van der Waals surface area contributed by atoms with E-state index in [1.54, 1.807) is 18.8 Å². The van der Waals surface area contributed by atoms with Gasteiger partial charge in [-0.3, -0.25) is 14.6 Å². The molecular formula is C20H21N4O2S+. The highest BCUT2D eigenvalue weighted by molar-refractivity contribution is 8.13. The fourth-order valence-corrected chi connectivity index (χ4v) is 4.35. The van der Waals surface area contributed by atoms with Crippen LogP contribution >= 0.6 is 11.8 Å². The van der Waals surface area contributed by atoms with Crippen molar-refractivity contribution in [2.75, 3.05) is 19.8 Å². The Labute approximate surface area is 162 Å². The molecule has 4 rings (SSSR count). The summed E-state index contributed by atoms with van der Waals surface area (Å²) >= 11 is 1.59. The minimum absolute atomic E-state index is 0.233. The molecule has 2 aliphatic rings. The third kappa shape index (κ3) is 2.82. The van der Waals surface area contributed by atoms with Crippen LogP contribution in [0.5, 0.6) is 0 Å². The van der Waals surface area contributed by atoms with Gasteiger partial charge in [-0.15, -0.1) is 0 Å². The molecule has 0 spiro atoms. The van der Waals surface area contributed by atoms with Crippen molar-refractivity contribution in [3.8, 4) is 0 Å². The Morgan fingerprint density at radius 1 is 1.07 bits per heavy atom. The first-order valence-electron chi connectivity index (χ1n) is 8.89. The molecule has 2 aliphatic heterocycles. The zero-order chi connectivity index (χ0) is 19.1. The van der Waals surface area contributed by atoms with E-state index in [9.17, 15) is 9.59 Å². The van der Waals surface area contributed by atoms with Crippen LogP contribution in [0.15, 0.2) is 47.5 Å². The monoisotopic (exact) mass is 381 g/mol. The average molecular weight is 381 g/mol. The maximum atomic E-state index is 12.9. The molecule has 3 amide bonds. The van der Waals surface area contributed by atoms with E-state index in [1.165, 1.54) is 22.2 Å². The van der Waals surface area contributed by atoms with Gasteiger partial charge in [0.2, 0.25) is 0 Å². The summed E-state index contributed by atoms with van der Waals surface area (Å²) in [5.41, 5.74) is 1.13. The zero-order valence-corrected chi connectivity index (χ0v) is 16.4. The summed E-state index contributed by atoms with van der Waals surface area (Å²) in [4.78, 5) is 32.5. The summed E-state index contributed by atoms with van der Waals surface area (Å²) in [5.74, 6) is 1.12. The SMILES string of the molecule is CCSC1=[N+](Cc2cccc3ccccc23)C2C(=O)N(C)C(=O)N(C)C2=N1. The van der Waals surface area contributed by atoms with Crippen LogP contribution in [0.25, 0.3) is 10.8 Å². The van der Waals surface area contributed by atoms with Gasteiger partial charge in [-0.05, 0) is 27.5 Å². The lowest BCUT2D eigenvalue weighted by Gasteiger charge is -2.30. The van der Waals surface area contributed by atoms with Crippen molar-refractivity contribution in [2.24, 2.45) is 4.99 Å². The van der Waals surface area contributed by atoms with Crippen molar-refractivity contribution >= 4 is 45.5 Å². The normalized spacial score (nSPS) is 19.8. The van der Waals surface area contributed by atoms with E-state index in [0.29, 0.717) is 12.4 Å². The second-order valence-corrected chi connectivity index (χ2v) is 7.82. The van der Waals surface area contributed by atoms with E-state index in [0.717, 1.165) is 21.9 Å². The minimum atomic E-state index is -0.564. The fraction of sp³-hybridized carbons (Fsp3) is 0.300. The smallest absolute Gasteiger partial charge is 0.269 e. The summed E-state index contributed by atoms with van der Waals surface area (Å²) in [6.07, 6.45) is 0. The number of likely N-dealkylation sites (N-methyl/N-ethyl adjacent to an activating group) is 2. The van der Waals surface area contributed by atoms with Crippen molar-refractivity contribution in [3.63, 3.8) is 0 Å². The van der Waals surface area contributed by atoms with Crippen molar-refractivity contribution in [3.05, 3.63) is 48.0 Å². The molecule has 0 aromatic heterocycles. The number of imide groups is 1. The first kappa shape index (κ1) is 17.7. The molecule has 0 saturated carbocycles. The first-order valence-corrected chi connectivity index (χ1v) is 9.88. The van der Waals surface area contributed by atoms with E-state index in [-0.39, 0.29) is 11.9 Å². The number of benzene rings is 2. The van der Waals surface area contributed by atoms with Gasteiger partial charge in [-0.2, -0.15) is 0 Å². The van der Waals surface area contributed by atoms with E-state index >= 15 is 0 Å². The third-order valence-electron chi connectivity index (χ3n) is 4.99. The predicted molar refractivity (Wildman–Crippen MR) is 108 cm³/mol. The first-order chi connectivity index (χ1) is 13.0. The number of carbonyl (C=O) groups excluding carboxylic acids is 2. The highest BCUT2D eigenvalue weighted by Gasteiger charge is 2.53. The summed E-state index contributed by atoms with van der Waals surface area (Å²) in [5, 5.41) is 3.11. The molecule has 7 heteroatoms. The van der Waals surface area contributed by atoms with Gasteiger partial charge in [0.1, 0.15) is 6.54 Å². The van der Waals surface area contributed by atoms with Gasteiger partial charge in [0.15, 0.2) is 0 Å². The van der Waals surface area contributed by atoms with Crippen LogP contribution in [0.1, 0.15) is 12.5 Å². The van der Waals surface area contributed by atoms with Crippen molar-refractivity contribution in [1.29, 1.82) is 0 Å². The highest BCUT2D eigenvalue weighted by Crippen LogP contribution is 2.26. The third-order valence-corrected chi connectivity index (χ3v) is 5.86. The number of amidine groups is 2. The van der Waals surface area contributed by atoms with Crippen molar-refractivity contribution in [1.82, 2.24) is 9.80 Å². The molecule has 2 aromatic carbocycles. The Morgan fingerprint density at radius 3 is 2.59 bits per heavy atom. The van der Waals surface area contributed by atoms with Crippen LogP contribution in [-0.2, 0) is 11.3 Å². The molecule has 0 bridgehead atoms. The number of rotatable bonds is 3. The Morgan fingerprint density at radius 2 is 1.81 bits per heavy atom. The number of nitrogens with zero attached hydrogens (tertiary/aromatic N) is 4. The van der Waals surface area contributed by atoms with Crippen molar-refractivity contribution in [2.45, 2.75) is 19.5 Å². The van der Waals surface area contributed by atoms with Gasteiger partial charge in [0.25, 0.3) is 17.8 Å². The molecule has 138 valence electrons. The van der Waals surface area contributed by atoms with Crippen molar-refractivity contribution < 1.29 is 14.2 Å². The fourth-order valence-electron chi connectivity index (χ4n) is 3.59. The summed E-state index contributed by atoms with van der Waals surface area (Å²) < 4.78 is 2.02. The standard InChI is InChI=1S/C20H21N4O2S/c1-4-27-19-21-17-16(18(25)23(3)20(26)22(17)2)24(19)12-14-10-7-9-13-8-5-6-11-15(13)14/h5-11,16H,4,12H2,1-3H3/q+1. The zero-order valence-electron chi connectivity index (χ0n) is 15.5. The number of hydrogen-bond donors (Lipinski definition) is 0. The van der Waals surface area contributed by atoms with E-state index in [1.807, 2.05) is 22.8 Å². The highest BCUT2D eigenvalue weighted by atomic mass is 32.2. The number of fused-ring (bicyclic) bond motifs is 2. The predicted octanol–water partition coefficient (Wildman–Crippen LogP) is 2.77. The number of aliphatic imine (C=N–C) groups is 1. The lowest BCUT2D eigenvalue weighted by Crippen LogP contribution is -2.61. The average Bonchev–Trinajstić information content (AvgIpc) is 3.03. The van der Waals surface area contributed by atoms with Crippen LogP contribution < -0.4 is 0 Å². The summed E-state index contributed by atoms with van der Waals surface area (Å²) in [6, 6.07) is 13.5. The molecule has 6 nitrogen and oxygen atoms in total. The van der Waals surface area contributed by atoms with Gasteiger partial charge < -0.3 is 0 Å². The molecule has 1 atom stereocenters. The number of hydrogen-bond acceptors (Lipinski definition) is 4. The summed E-state index contributed by atoms with van der Waals surface area (Å²) in [7, 11) is 3.20. The molecule has 1 unspecified atom stereocenters. The number of carbonyl (C=O) groups is 2. The Kier molecular flexibility index (Phi) is 4.47. The van der Waals surface area contributed by atoms with Crippen LogP contribution in [0.3, 0.4) is 0 Å². The lowest BCUT2D eigenvalue weighted by molar-refractivity contribution is -0.548. The Balaban J connectivity index is 1.79. The summed E-state index contributed by atoms with van der Waals surface area (Å²) in [6.45, 7) is 2.61. The van der Waals surface area contributed by atoms with Gasteiger partial charge in [-0.1, -0.05) is 49.4 Å². The van der Waals surface area contributed by atoms with Gasteiger partial charge in [0.05, 0.1) is 0 Å². The molecule has 1 saturated heterocycles. The topological polar surface area (TPSA) is 56.0 Å². The van der Waals surface area contributed by atoms with Crippen LogP contribution in [0.4, 0.5) is 4.79 Å². The van der Waals surface area contributed by atoms with Gasteiger partial charge in [-0.25, -0.2) is 9.37 Å². The van der Waals surface area contributed by atoms with Crippen LogP contribution in [0.2, 0.25) is 0 Å². The lowest BCUT2D eigenvalue weighted by atomic mass is 10.0. The molecule has 1 fully saturated rings. The maximum absolute atomic E-state index is 12.9. The number of thioether (sulfide) groups is 1. The molecule has 0 radical (unpaired) electrons. The molecule has 2 heterocycles. The molecule has 27 heavy (non-hydrogen) atoms. The Bertz CT molecular complexity index is 1010. The second-order valence-electron chi connectivity index (χ2n) is 6.59. The molecule has 0 N–H and O–H groups in total. The number of urea groups is 1. The van der Waals surface area contributed by atoms with Gasteiger partial charge in [0, 0.05) is 25.4 Å². The van der Waals surface area contributed by atoms with Gasteiger partial charge >= 0.3 is 11.2 Å². The maximum Gasteiger partial charge on any atom is 0.358 e. The minimum Gasteiger partial charge on any atom is -0.269 e.